The Morgan fingerprint density at radius 2 is 2.08 bits per heavy atom. The molecule has 0 amide bonds. The van der Waals surface area contributed by atoms with Crippen molar-refractivity contribution >= 4 is 10.9 Å². The number of nitrogens with zero attached hydrogens (tertiary/aromatic N) is 3. The van der Waals surface area contributed by atoms with Crippen LogP contribution in [0.5, 0.6) is 0 Å². The van der Waals surface area contributed by atoms with Crippen molar-refractivity contribution in [3.05, 3.63) is 21.8 Å². The molecular formula is C8H9N3O2. The van der Waals surface area contributed by atoms with Crippen molar-refractivity contribution in [1.29, 1.82) is 0 Å². The summed E-state index contributed by atoms with van der Waals surface area (Å²) in [5.74, 6) is 0.637. The molecule has 0 aliphatic heterocycles. The average molecular weight is 179 g/mol. The zero-order valence-corrected chi connectivity index (χ0v) is 7.66. The number of hydrogen-bond donors (Lipinski definition) is 0. The maximum Gasteiger partial charge on any atom is 0.296 e. The molecule has 2 rings (SSSR count). The Morgan fingerprint density at radius 3 is 2.77 bits per heavy atom. The minimum Gasteiger partial charge on any atom is -0.360 e. The van der Waals surface area contributed by atoms with Gasteiger partial charge in [0, 0.05) is 7.05 Å². The SMILES string of the molecule is Cc1nn(C)c(=O)c2noc(C)c12. The summed E-state index contributed by atoms with van der Waals surface area (Å²) in [6, 6.07) is 0. The van der Waals surface area contributed by atoms with E-state index in [1.165, 1.54) is 4.68 Å². The van der Waals surface area contributed by atoms with E-state index in [9.17, 15) is 4.79 Å². The Bertz CT molecular complexity index is 524. The third kappa shape index (κ3) is 0.965. The van der Waals surface area contributed by atoms with Gasteiger partial charge < -0.3 is 4.52 Å². The van der Waals surface area contributed by atoms with Crippen molar-refractivity contribution in [1.82, 2.24) is 14.9 Å². The molecule has 0 aromatic carbocycles. The highest BCUT2D eigenvalue weighted by atomic mass is 16.5. The zero-order chi connectivity index (χ0) is 9.59. The lowest BCUT2D eigenvalue weighted by atomic mass is 10.2. The summed E-state index contributed by atoms with van der Waals surface area (Å²) < 4.78 is 6.19. The molecule has 2 aromatic heterocycles. The van der Waals surface area contributed by atoms with Crippen LogP contribution in [0.15, 0.2) is 9.32 Å². The maximum absolute atomic E-state index is 11.5. The molecule has 2 aromatic rings. The summed E-state index contributed by atoms with van der Waals surface area (Å²) in [5, 5.41) is 8.45. The zero-order valence-electron chi connectivity index (χ0n) is 7.66. The molecule has 0 aliphatic carbocycles. The molecule has 0 saturated heterocycles. The minimum atomic E-state index is -0.225. The molecule has 2 heterocycles. The second-order valence-electron chi connectivity index (χ2n) is 2.98. The quantitative estimate of drug-likeness (QED) is 0.592. The van der Waals surface area contributed by atoms with Crippen molar-refractivity contribution in [3.8, 4) is 0 Å². The number of aryl methyl sites for hydroxylation is 3. The van der Waals surface area contributed by atoms with Gasteiger partial charge in [-0.25, -0.2) is 4.68 Å². The normalized spacial score (nSPS) is 11.0. The first-order valence-electron chi connectivity index (χ1n) is 3.91. The standard InChI is InChI=1S/C8H9N3O2/c1-4-6-5(2)13-10-7(6)8(12)11(3)9-4/h1-3H3. The monoisotopic (exact) mass is 179 g/mol. The van der Waals surface area contributed by atoms with Crippen LogP contribution in [0.4, 0.5) is 0 Å². The lowest BCUT2D eigenvalue weighted by Gasteiger charge is -1.97. The van der Waals surface area contributed by atoms with Crippen LogP contribution < -0.4 is 5.56 Å². The van der Waals surface area contributed by atoms with E-state index in [2.05, 4.69) is 10.3 Å². The summed E-state index contributed by atoms with van der Waals surface area (Å²) in [6.07, 6.45) is 0. The molecule has 0 fully saturated rings. The summed E-state index contributed by atoms with van der Waals surface area (Å²) in [7, 11) is 1.60. The number of fused-ring (bicyclic) bond motifs is 1. The van der Waals surface area contributed by atoms with Gasteiger partial charge in [-0.3, -0.25) is 4.79 Å². The predicted molar refractivity (Wildman–Crippen MR) is 46.5 cm³/mol. The summed E-state index contributed by atoms with van der Waals surface area (Å²) in [5.41, 5.74) is 0.890. The lowest BCUT2D eigenvalue weighted by molar-refractivity contribution is 0.405. The lowest BCUT2D eigenvalue weighted by Crippen LogP contribution is -2.20. The van der Waals surface area contributed by atoms with Crippen molar-refractivity contribution in [2.24, 2.45) is 7.05 Å². The van der Waals surface area contributed by atoms with Crippen molar-refractivity contribution in [2.45, 2.75) is 13.8 Å². The van der Waals surface area contributed by atoms with Gasteiger partial charge in [-0.1, -0.05) is 5.16 Å². The molecule has 0 saturated carbocycles. The van der Waals surface area contributed by atoms with E-state index >= 15 is 0 Å². The van der Waals surface area contributed by atoms with Gasteiger partial charge in [-0.05, 0) is 13.8 Å². The first-order valence-corrected chi connectivity index (χ1v) is 3.91. The van der Waals surface area contributed by atoms with Gasteiger partial charge >= 0.3 is 0 Å². The van der Waals surface area contributed by atoms with E-state index < -0.39 is 0 Å². The highest BCUT2D eigenvalue weighted by Crippen LogP contribution is 2.15. The number of aromatic nitrogens is 3. The van der Waals surface area contributed by atoms with Crippen molar-refractivity contribution < 1.29 is 4.52 Å². The summed E-state index contributed by atoms with van der Waals surface area (Å²) >= 11 is 0. The van der Waals surface area contributed by atoms with E-state index in [4.69, 9.17) is 4.52 Å². The van der Waals surface area contributed by atoms with Gasteiger partial charge in [0.1, 0.15) is 5.76 Å². The topological polar surface area (TPSA) is 60.9 Å². The fourth-order valence-electron chi connectivity index (χ4n) is 1.42. The Kier molecular flexibility index (Phi) is 1.48. The molecule has 68 valence electrons. The molecular weight excluding hydrogens is 170 g/mol. The van der Waals surface area contributed by atoms with Gasteiger partial charge in [0.15, 0.2) is 5.52 Å². The van der Waals surface area contributed by atoms with Crippen molar-refractivity contribution in [2.75, 3.05) is 0 Å². The number of hydrogen-bond acceptors (Lipinski definition) is 4. The van der Waals surface area contributed by atoms with Gasteiger partial charge in [-0.2, -0.15) is 5.10 Å². The predicted octanol–water partition coefficient (Wildman–Crippen LogP) is 0.538. The van der Waals surface area contributed by atoms with Gasteiger partial charge in [0.2, 0.25) is 0 Å². The Morgan fingerprint density at radius 1 is 1.38 bits per heavy atom. The average Bonchev–Trinajstić information content (AvgIpc) is 2.44. The van der Waals surface area contributed by atoms with Crippen LogP contribution in [-0.4, -0.2) is 14.9 Å². The number of rotatable bonds is 0. The molecule has 13 heavy (non-hydrogen) atoms. The van der Waals surface area contributed by atoms with Crippen LogP contribution in [0.25, 0.3) is 10.9 Å². The molecule has 0 N–H and O–H groups in total. The molecule has 0 aliphatic rings. The molecule has 5 heteroatoms. The third-order valence-electron chi connectivity index (χ3n) is 2.02. The molecule has 5 nitrogen and oxygen atoms in total. The van der Waals surface area contributed by atoms with E-state index in [1.807, 2.05) is 6.92 Å². The van der Waals surface area contributed by atoms with E-state index in [1.54, 1.807) is 14.0 Å². The smallest absolute Gasteiger partial charge is 0.296 e. The van der Waals surface area contributed by atoms with Crippen LogP contribution in [0.1, 0.15) is 11.5 Å². The van der Waals surface area contributed by atoms with E-state index in [-0.39, 0.29) is 5.56 Å². The Hall–Kier alpha value is -1.65. The first-order chi connectivity index (χ1) is 6.11. The highest BCUT2D eigenvalue weighted by Gasteiger charge is 2.12. The molecule has 0 radical (unpaired) electrons. The van der Waals surface area contributed by atoms with Crippen LogP contribution in [0.2, 0.25) is 0 Å². The van der Waals surface area contributed by atoms with E-state index in [0.717, 1.165) is 11.1 Å². The second kappa shape index (κ2) is 2.42. The maximum atomic E-state index is 11.5. The summed E-state index contributed by atoms with van der Waals surface area (Å²) in [6.45, 7) is 3.59. The minimum absolute atomic E-state index is 0.225. The Labute approximate surface area is 74.0 Å². The molecule has 0 bridgehead atoms. The second-order valence-corrected chi connectivity index (χ2v) is 2.98. The van der Waals surface area contributed by atoms with Crippen LogP contribution in [0, 0.1) is 13.8 Å². The molecule has 0 unspecified atom stereocenters. The third-order valence-corrected chi connectivity index (χ3v) is 2.02. The largest absolute Gasteiger partial charge is 0.360 e. The van der Waals surface area contributed by atoms with Crippen LogP contribution >= 0.6 is 0 Å². The van der Waals surface area contributed by atoms with Crippen LogP contribution in [0.3, 0.4) is 0 Å². The van der Waals surface area contributed by atoms with Gasteiger partial charge in [-0.15, -0.1) is 0 Å². The highest BCUT2D eigenvalue weighted by molar-refractivity contribution is 5.81. The fourth-order valence-corrected chi connectivity index (χ4v) is 1.42. The van der Waals surface area contributed by atoms with E-state index in [0.29, 0.717) is 11.3 Å². The Balaban J connectivity index is 3.08. The first kappa shape index (κ1) is 7.97. The van der Waals surface area contributed by atoms with Crippen molar-refractivity contribution in [3.63, 3.8) is 0 Å². The molecule has 0 spiro atoms. The molecule has 0 atom stereocenters. The van der Waals surface area contributed by atoms with Gasteiger partial charge in [0.05, 0.1) is 11.1 Å². The van der Waals surface area contributed by atoms with Gasteiger partial charge in [0.25, 0.3) is 5.56 Å². The van der Waals surface area contributed by atoms with Crippen LogP contribution in [-0.2, 0) is 7.05 Å². The summed E-state index contributed by atoms with van der Waals surface area (Å²) in [4.78, 5) is 11.5. The fraction of sp³-hybridized carbons (Fsp3) is 0.375.